The van der Waals surface area contributed by atoms with Crippen molar-refractivity contribution < 1.29 is 0 Å². The van der Waals surface area contributed by atoms with Crippen LogP contribution >= 0.6 is 11.8 Å². The maximum atomic E-state index is 5.23. The average Bonchev–Trinajstić information content (AvgIpc) is 3.33. The van der Waals surface area contributed by atoms with E-state index in [1.54, 1.807) is 0 Å². The molecular weight excluding hydrogens is 747 g/mol. The normalized spacial score (nSPS) is 12.7. The monoisotopic (exact) mass is 783 g/mol. The summed E-state index contributed by atoms with van der Waals surface area (Å²) in [5.74, 6) is 1.89. The molecule has 0 unspecified atom stereocenters. The van der Waals surface area contributed by atoms with Crippen LogP contribution in [0.4, 0.5) is 0 Å². The van der Waals surface area contributed by atoms with Gasteiger partial charge in [0, 0.05) is 26.5 Å². The molecule has 1 aromatic heterocycles. The van der Waals surface area contributed by atoms with Crippen molar-refractivity contribution in [2.45, 2.75) is 15.2 Å². The lowest BCUT2D eigenvalue weighted by Gasteiger charge is -2.42. The minimum absolute atomic E-state index is 0.624. The molecule has 11 rings (SSSR count). The summed E-state index contributed by atoms with van der Waals surface area (Å²) in [7, 11) is 0. The zero-order valence-corrected chi connectivity index (χ0v) is 33.4. The number of fused-ring (bicyclic) bond motifs is 3. The van der Waals surface area contributed by atoms with E-state index in [1.807, 2.05) is 36.0 Å². The second-order valence-electron chi connectivity index (χ2n) is 15.1. The van der Waals surface area contributed by atoms with E-state index in [2.05, 4.69) is 200 Å². The molecule has 1 aliphatic heterocycles. The molecule has 0 bridgehead atoms. The zero-order chi connectivity index (χ0) is 39.9. The van der Waals surface area contributed by atoms with Crippen molar-refractivity contribution >= 4 is 22.5 Å². The fraction of sp³-hybridized carbons (Fsp3) is 0.0179. The lowest BCUT2D eigenvalue weighted by molar-refractivity contribution is 0.703. The van der Waals surface area contributed by atoms with Crippen LogP contribution in [0.15, 0.2) is 234 Å². The zero-order valence-electron chi connectivity index (χ0n) is 32.6. The van der Waals surface area contributed by atoms with Crippen LogP contribution < -0.4 is 0 Å². The molecule has 9 aromatic carbocycles. The summed E-state index contributed by atoms with van der Waals surface area (Å²) in [6.45, 7) is 0. The third kappa shape index (κ3) is 6.21. The predicted octanol–water partition coefficient (Wildman–Crippen LogP) is 14.2. The van der Waals surface area contributed by atoms with Crippen molar-refractivity contribution in [3.8, 4) is 56.4 Å². The van der Waals surface area contributed by atoms with E-state index < -0.39 is 5.41 Å². The number of benzene rings is 9. The van der Waals surface area contributed by atoms with Crippen LogP contribution in [0.2, 0.25) is 0 Å². The van der Waals surface area contributed by atoms with E-state index in [-0.39, 0.29) is 0 Å². The Morgan fingerprint density at radius 3 is 1.42 bits per heavy atom. The molecule has 60 heavy (non-hydrogen) atoms. The molecule has 2 heterocycles. The van der Waals surface area contributed by atoms with Gasteiger partial charge in [-0.25, -0.2) is 15.0 Å². The lowest BCUT2D eigenvalue weighted by Crippen LogP contribution is -2.34. The Morgan fingerprint density at radius 2 is 0.750 bits per heavy atom. The summed E-state index contributed by atoms with van der Waals surface area (Å²) in [6, 6.07) is 80.2. The van der Waals surface area contributed by atoms with E-state index in [1.165, 1.54) is 53.9 Å². The van der Waals surface area contributed by atoms with Gasteiger partial charge in [0.05, 0.1) is 5.41 Å². The molecular formula is C56H37N3S. The first kappa shape index (κ1) is 35.7. The maximum Gasteiger partial charge on any atom is 0.164 e. The number of nitrogens with zero attached hydrogens (tertiary/aromatic N) is 3. The standard InChI is InChI=1S/C56H37N3S/c1-3-16-38(17-4-1)39-32-34-42(35-33-39)54-57-53(41-19-5-2-6-20-41)58-55(59-54)44-23-14-25-46(37-44)56(49-28-9-11-30-51(49)60-52-31-12-10-29-50(52)56)45-24-13-22-43(36-45)48-27-15-21-40-18-7-8-26-47(40)48/h1-37H. The van der Waals surface area contributed by atoms with Crippen LogP contribution in [0.25, 0.3) is 67.2 Å². The van der Waals surface area contributed by atoms with Crippen LogP contribution in [0, 0.1) is 0 Å². The number of hydrogen-bond donors (Lipinski definition) is 0. The Bertz CT molecular complexity index is 3130. The van der Waals surface area contributed by atoms with E-state index >= 15 is 0 Å². The fourth-order valence-electron chi connectivity index (χ4n) is 8.86. The minimum atomic E-state index is -0.652. The first-order valence-corrected chi connectivity index (χ1v) is 21.1. The van der Waals surface area contributed by atoms with E-state index in [9.17, 15) is 0 Å². The van der Waals surface area contributed by atoms with Crippen molar-refractivity contribution in [2.24, 2.45) is 0 Å². The molecule has 0 spiro atoms. The van der Waals surface area contributed by atoms with Gasteiger partial charge in [-0.15, -0.1) is 0 Å². The Morgan fingerprint density at radius 1 is 0.317 bits per heavy atom. The Hall–Kier alpha value is -7.40. The van der Waals surface area contributed by atoms with E-state index in [0.717, 1.165) is 27.8 Å². The highest BCUT2D eigenvalue weighted by molar-refractivity contribution is 7.99. The third-order valence-corrected chi connectivity index (χ3v) is 12.8. The lowest BCUT2D eigenvalue weighted by atomic mass is 9.64. The Balaban J connectivity index is 1.12. The summed E-state index contributed by atoms with van der Waals surface area (Å²) in [5.41, 5.74) is 11.7. The largest absolute Gasteiger partial charge is 0.208 e. The molecule has 1 aliphatic rings. The van der Waals surface area contributed by atoms with Crippen molar-refractivity contribution in [1.82, 2.24) is 15.0 Å². The molecule has 0 radical (unpaired) electrons. The molecule has 3 nitrogen and oxygen atoms in total. The van der Waals surface area contributed by atoms with Crippen molar-refractivity contribution in [2.75, 3.05) is 0 Å². The molecule has 0 aliphatic carbocycles. The summed E-state index contributed by atoms with van der Waals surface area (Å²) >= 11 is 1.84. The molecule has 0 fully saturated rings. The van der Waals surface area contributed by atoms with Gasteiger partial charge in [-0.05, 0) is 79.5 Å². The first-order chi connectivity index (χ1) is 29.7. The summed E-state index contributed by atoms with van der Waals surface area (Å²) in [6.07, 6.45) is 0. The molecule has 0 saturated heterocycles. The topological polar surface area (TPSA) is 38.7 Å². The predicted molar refractivity (Wildman–Crippen MR) is 247 cm³/mol. The first-order valence-electron chi connectivity index (χ1n) is 20.3. The molecule has 0 N–H and O–H groups in total. The van der Waals surface area contributed by atoms with Gasteiger partial charge >= 0.3 is 0 Å². The molecule has 4 heteroatoms. The number of aromatic nitrogens is 3. The van der Waals surface area contributed by atoms with Gasteiger partial charge in [0.1, 0.15) is 0 Å². The molecule has 10 aromatic rings. The second-order valence-corrected chi connectivity index (χ2v) is 16.2. The van der Waals surface area contributed by atoms with Gasteiger partial charge in [-0.3, -0.25) is 0 Å². The smallest absolute Gasteiger partial charge is 0.164 e. The SMILES string of the molecule is c1ccc(-c2ccc(-c3nc(-c4ccccc4)nc(-c4cccc(C5(c6cccc(-c7cccc8ccccc78)c6)c6ccccc6Sc6ccccc65)c4)n3)cc2)cc1. The van der Waals surface area contributed by atoms with E-state index in [0.29, 0.717) is 17.5 Å². The molecule has 0 atom stereocenters. The second kappa shape index (κ2) is 15.1. The quantitative estimate of drug-likeness (QED) is 0.161. The van der Waals surface area contributed by atoms with Crippen molar-refractivity contribution in [3.05, 3.63) is 247 Å². The average molecular weight is 784 g/mol. The van der Waals surface area contributed by atoms with Gasteiger partial charge in [-0.2, -0.15) is 0 Å². The highest BCUT2D eigenvalue weighted by atomic mass is 32.2. The number of hydrogen-bond acceptors (Lipinski definition) is 4. The van der Waals surface area contributed by atoms with Crippen LogP contribution in [-0.2, 0) is 5.41 Å². The van der Waals surface area contributed by atoms with Gasteiger partial charge in [-0.1, -0.05) is 212 Å². The van der Waals surface area contributed by atoms with Crippen LogP contribution in [0.3, 0.4) is 0 Å². The molecule has 0 amide bonds. The van der Waals surface area contributed by atoms with E-state index in [4.69, 9.17) is 15.0 Å². The number of rotatable bonds is 7. The summed E-state index contributed by atoms with van der Waals surface area (Å²) in [5, 5.41) is 2.47. The molecule has 0 saturated carbocycles. The molecule has 282 valence electrons. The van der Waals surface area contributed by atoms with Gasteiger partial charge < -0.3 is 0 Å². The van der Waals surface area contributed by atoms with Crippen molar-refractivity contribution in [3.63, 3.8) is 0 Å². The minimum Gasteiger partial charge on any atom is -0.208 e. The van der Waals surface area contributed by atoms with Crippen LogP contribution in [0.1, 0.15) is 22.3 Å². The highest BCUT2D eigenvalue weighted by Crippen LogP contribution is 2.56. The van der Waals surface area contributed by atoms with Gasteiger partial charge in [0.2, 0.25) is 0 Å². The Kier molecular flexibility index (Phi) is 8.98. The Labute approximate surface area is 354 Å². The van der Waals surface area contributed by atoms with Crippen molar-refractivity contribution in [1.29, 1.82) is 0 Å². The summed E-state index contributed by atoms with van der Waals surface area (Å²) in [4.78, 5) is 18.0. The van der Waals surface area contributed by atoms with Gasteiger partial charge in [0.25, 0.3) is 0 Å². The van der Waals surface area contributed by atoms with Crippen LogP contribution in [0.5, 0.6) is 0 Å². The third-order valence-electron chi connectivity index (χ3n) is 11.7. The summed E-state index contributed by atoms with van der Waals surface area (Å²) < 4.78 is 0. The highest BCUT2D eigenvalue weighted by Gasteiger charge is 2.44. The maximum absolute atomic E-state index is 5.23. The van der Waals surface area contributed by atoms with Crippen LogP contribution in [-0.4, -0.2) is 15.0 Å². The van der Waals surface area contributed by atoms with Gasteiger partial charge in [0.15, 0.2) is 17.5 Å². The fourth-order valence-corrected chi connectivity index (χ4v) is 10.1.